The van der Waals surface area contributed by atoms with Crippen LogP contribution in [0, 0.1) is 12.8 Å². The van der Waals surface area contributed by atoms with Crippen molar-refractivity contribution < 1.29 is 8.42 Å². The number of anilines is 1. The summed E-state index contributed by atoms with van der Waals surface area (Å²) < 4.78 is 30.0. The molecule has 0 aliphatic carbocycles. The minimum Gasteiger partial charge on any atom is -0.380 e. The number of benzene rings is 4. The first-order valence-corrected chi connectivity index (χ1v) is 14.0. The number of hydrogen-bond donors (Lipinski definition) is 1. The first-order valence-electron chi connectivity index (χ1n) is 12.6. The lowest BCUT2D eigenvalue weighted by Gasteiger charge is -2.38. The highest BCUT2D eigenvalue weighted by molar-refractivity contribution is 7.89. The molecule has 4 aromatic carbocycles. The minimum atomic E-state index is -3.68. The van der Waals surface area contributed by atoms with E-state index < -0.39 is 10.0 Å². The monoisotopic (exact) mass is 494 g/mol. The van der Waals surface area contributed by atoms with Crippen LogP contribution in [0.5, 0.6) is 0 Å². The Balaban J connectivity index is 1.48. The van der Waals surface area contributed by atoms with Gasteiger partial charge in [-0.3, -0.25) is 0 Å². The molecule has 0 radical (unpaired) electrons. The number of nitrogens with zero attached hydrogens (tertiary/aromatic N) is 1. The van der Waals surface area contributed by atoms with Crippen LogP contribution in [0.25, 0.3) is 0 Å². The van der Waals surface area contributed by atoms with Crippen molar-refractivity contribution in [3.05, 3.63) is 131 Å². The standard InChI is InChI=1S/C31H30N2O2S/c1-22-16-18-25(19-17-22)36(34,35)33-21-27-30(24-12-6-3-7-13-24)26-14-8-9-15-28(26)32-31(27)29(33)20-23-10-4-2-5-11-23/h2-19,27,29-32H,20-21H2,1H3/t27-,29+,30-,31-/m1/s1. The van der Waals surface area contributed by atoms with E-state index >= 15 is 0 Å². The van der Waals surface area contributed by atoms with E-state index in [0.717, 1.165) is 16.8 Å². The topological polar surface area (TPSA) is 49.4 Å². The van der Waals surface area contributed by atoms with Gasteiger partial charge in [-0.1, -0.05) is 96.6 Å². The summed E-state index contributed by atoms with van der Waals surface area (Å²) in [5.41, 5.74) is 5.75. The number of aryl methyl sites for hydroxylation is 1. The zero-order valence-electron chi connectivity index (χ0n) is 20.3. The third-order valence-electron chi connectivity index (χ3n) is 7.76. The second-order valence-electron chi connectivity index (χ2n) is 9.95. The van der Waals surface area contributed by atoms with Gasteiger partial charge in [0.05, 0.1) is 4.90 Å². The van der Waals surface area contributed by atoms with Gasteiger partial charge in [-0.15, -0.1) is 0 Å². The van der Waals surface area contributed by atoms with Crippen LogP contribution in [0.3, 0.4) is 0 Å². The Kier molecular flexibility index (Phi) is 5.90. The second kappa shape index (κ2) is 9.23. The number of nitrogens with one attached hydrogen (secondary N) is 1. The molecule has 1 N–H and O–H groups in total. The maximum Gasteiger partial charge on any atom is 0.243 e. The Hall–Kier alpha value is -3.41. The highest BCUT2D eigenvalue weighted by atomic mass is 32.2. The van der Waals surface area contributed by atoms with Crippen molar-refractivity contribution in [1.82, 2.24) is 4.31 Å². The first-order chi connectivity index (χ1) is 17.5. The lowest BCUT2D eigenvalue weighted by molar-refractivity contribution is 0.375. The van der Waals surface area contributed by atoms with Crippen LogP contribution in [-0.2, 0) is 16.4 Å². The maximum absolute atomic E-state index is 14.1. The van der Waals surface area contributed by atoms with E-state index in [1.807, 2.05) is 43.3 Å². The smallest absolute Gasteiger partial charge is 0.243 e. The number of sulfonamides is 1. The van der Waals surface area contributed by atoms with Crippen LogP contribution >= 0.6 is 0 Å². The van der Waals surface area contributed by atoms with E-state index in [4.69, 9.17) is 0 Å². The van der Waals surface area contributed by atoms with Gasteiger partial charge in [0.15, 0.2) is 0 Å². The van der Waals surface area contributed by atoms with Crippen LogP contribution in [-0.4, -0.2) is 31.4 Å². The van der Waals surface area contributed by atoms with Gasteiger partial charge in [-0.25, -0.2) is 8.42 Å². The molecule has 2 aliphatic heterocycles. The summed E-state index contributed by atoms with van der Waals surface area (Å²) in [6.45, 7) is 2.45. The molecular weight excluding hydrogens is 464 g/mol. The molecule has 0 unspecified atom stereocenters. The fraction of sp³-hybridized carbons (Fsp3) is 0.226. The molecule has 0 spiro atoms. The van der Waals surface area contributed by atoms with Gasteiger partial charge in [0.2, 0.25) is 10.0 Å². The Labute approximate surface area is 213 Å². The highest BCUT2D eigenvalue weighted by Crippen LogP contribution is 2.48. The summed E-state index contributed by atoms with van der Waals surface area (Å²) in [4.78, 5) is 0.360. The molecule has 4 atom stereocenters. The summed E-state index contributed by atoms with van der Waals surface area (Å²) in [5, 5.41) is 3.79. The summed E-state index contributed by atoms with van der Waals surface area (Å²) in [5.74, 6) is 0.223. The minimum absolute atomic E-state index is 0.00876. The van der Waals surface area contributed by atoms with Gasteiger partial charge in [0, 0.05) is 36.2 Å². The van der Waals surface area contributed by atoms with Crippen molar-refractivity contribution in [3.63, 3.8) is 0 Å². The van der Waals surface area contributed by atoms with Crippen molar-refractivity contribution in [2.75, 3.05) is 11.9 Å². The average molecular weight is 495 g/mol. The van der Waals surface area contributed by atoms with E-state index in [1.54, 1.807) is 16.4 Å². The lowest BCUT2D eigenvalue weighted by atomic mass is 9.73. The summed E-state index contributed by atoms with van der Waals surface area (Å²) in [6, 6.07) is 36.2. The third kappa shape index (κ3) is 4.02. The van der Waals surface area contributed by atoms with E-state index in [2.05, 4.69) is 66.0 Å². The fourth-order valence-corrected chi connectivity index (χ4v) is 7.72. The third-order valence-corrected chi connectivity index (χ3v) is 9.66. The lowest BCUT2D eigenvalue weighted by Crippen LogP contribution is -2.46. The van der Waals surface area contributed by atoms with Crippen molar-refractivity contribution in [2.24, 2.45) is 5.92 Å². The van der Waals surface area contributed by atoms with Gasteiger partial charge in [-0.2, -0.15) is 4.31 Å². The Morgan fingerprint density at radius 2 is 1.44 bits per heavy atom. The Morgan fingerprint density at radius 3 is 2.17 bits per heavy atom. The molecule has 0 aromatic heterocycles. The molecule has 4 nitrogen and oxygen atoms in total. The number of rotatable bonds is 5. The molecule has 0 bridgehead atoms. The van der Waals surface area contributed by atoms with E-state index in [0.29, 0.717) is 17.9 Å². The van der Waals surface area contributed by atoms with Gasteiger partial charge in [-0.05, 0) is 48.2 Å². The second-order valence-corrected chi connectivity index (χ2v) is 11.8. The average Bonchev–Trinajstić information content (AvgIpc) is 3.27. The number of para-hydroxylation sites is 1. The largest absolute Gasteiger partial charge is 0.380 e. The zero-order chi connectivity index (χ0) is 24.7. The summed E-state index contributed by atoms with van der Waals surface area (Å²) in [6.07, 6.45) is 0.657. The molecule has 0 saturated carbocycles. The van der Waals surface area contributed by atoms with Crippen molar-refractivity contribution >= 4 is 15.7 Å². The molecule has 182 valence electrons. The Bertz CT molecular complexity index is 1450. The summed E-state index contributed by atoms with van der Waals surface area (Å²) >= 11 is 0. The predicted molar refractivity (Wildman–Crippen MR) is 145 cm³/mol. The molecular formula is C31H30N2O2S. The molecule has 6 rings (SSSR count). The van der Waals surface area contributed by atoms with Crippen LogP contribution in [0.15, 0.2) is 114 Å². The highest BCUT2D eigenvalue weighted by Gasteiger charge is 2.52. The van der Waals surface area contributed by atoms with E-state index in [-0.39, 0.29) is 23.9 Å². The van der Waals surface area contributed by atoms with Gasteiger partial charge >= 0.3 is 0 Å². The normalized spacial score (nSPS) is 23.5. The molecule has 36 heavy (non-hydrogen) atoms. The van der Waals surface area contributed by atoms with Gasteiger partial charge in [0.1, 0.15) is 0 Å². The van der Waals surface area contributed by atoms with Crippen molar-refractivity contribution in [1.29, 1.82) is 0 Å². The predicted octanol–water partition coefficient (Wildman–Crippen LogP) is 5.85. The quantitative estimate of drug-likeness (QED) is 0.378. The SMILES string of the molecule is Cc1ccc(S(=O)(=O)N2C[C@@H]3[C@H](c4ccccc4)c4ccccc4N[C@H]3[C@@H]2Cc2ccccc2)cc1. The molecule has 4 aromatic rings. The van der Waals surface area contributed by atoms with Crippen molar-refractivity contribution in [2.45, 2.75) is 36.2 Å². The van der Waals surface area contributed by atoms with Crippen LogP contribution in [0.1, 0.15) is 28.2 Å². The van der Waals surface area contributed by atoms with Gasteiger partial charge < -0.3 is 5.32 Å². The number of hydrogen-bond acceptors (Lipinski definition) is 3. The molecule has 2 heterocycles. The molecule has 1 fully saturated rings. The molecule has 2 aliphatic rings. The van der Waals surface area contributed by atoms with Crippen LogP contribution < -0.4 is 5.32 Å². The maximum atomic E-state index is 14.1. The van der Waals surface area contributed by atoms with E-state index in [9.17, 15) is 8.42 Å². The van der Waals surface area contributed by atoms with Crippen molar-refractivity contribution in [3.8, 4) is 0 Å². The summed E-state index contributed by atoms with van der Waals surface area (Å²) in [7, 11) is -3.68. The number of fused-ring (bicyclic) bond motifs is 2. The van der Waals surface area contributed by atoms with Crippen LogP contribution in [0.2, 0.25) is 0 Å². The molecule has 5 heteroatoms. The first kappa shape index (κ1) is 23.0. The molecule has 1 saturated heterocycles. The Morgan fingerprint density at radius 1 is 0.806 bits per heavy atom. The molecule has 0 amide bonds. The van der Waals surface area contributed by atoms with Crippen LogP contribution in [0.4, 0.5) is 5.69 Å². The van der Waals surface area contributed by atoms with Gasteiger partial charge in [0.25, 0.3) is 0 Å². The fourth-order valence-electron chi connectivity index (χ4n) is 6.04. The zero-order valence-corrected chi connectivity index (χ0v) is 21.1. The van der Waals surface area contributed by atoms with E-state index in [1.165, 1.54) is 11.1 Å².